The van der Waals surface area contributed by atoms with Crippen LogP contribution in [-0.2, 0) is 10.0 Å². The van der Waals surface area contributed by atoms with Crippen LogP contribution < -0.4 is 5.56 Å². The number of hydrogen-bond acceptors (Lipinski definition) is 4. The lowest BCUT2D eigenvalue weighted by Crippen LogP contribution is -2.53. The van der Waals surface area contributed by atoms with Gasteiger partial charge in [-0.3, -0.25) is 4.79 Å². The quantitative estimate of drug-likeness (QED) is 0.691. The molecule has 138 valence electrons. The molecule has 1 aliphatic heterocycles. The van der Waals surface area contributed by atoms with Gasteiger partial charge >= 0.3 is 0 Å². The lowest BCUT2D eigenvalue weighted by Gasteiger charge is -2.38. The van der Waals surface area contributed by atoms with Gasteiger partial charge in [-0.1, -0.05) is 30.3 Å². The van der Waals surface area contributed by atoms with Gasteiger partial charge in [0.15, 0.2) is 0 Å². The number of sulfonamides is 1. The van der Waals surface area contributed by atoms with Crippen molar-refractivity contribution in [3.63, 3.8) is 0 Å². The minimum atomic E-state index is -3.58. The SMILES string of the molecule is O=c1ccc(-c2cccc(F)c2)nn1C1CN(S(=O)(=O)c2ccccc2)C1. The molecule has 0 N–H and O–H groups in total. The number of hydrogen-bond donors (Lipinski definition) is 0. The minimum Gasteiger partial charge on any atom is -0.268 e. The molecule has 0 saturated carbocycles. The van der Waals surface area contributed by atoms with Crippen molar-refractivity contribution in [1.29, 1.82) is 0 Å². The van der Waals surface area contributed by atoms with Crippen molar-refractivity contribution in [3.8, 4) is 11.3 Å². The van der Waals surface area contributed by atoms with Gasteiger partial charge in [-0.05, 0) is 30.3 Å². The zero-order valence-electron chi connectivity index (χ0n) is 14.2. The van der Waals surface area contributed by atoms with E-state index in [9.17, 15) is 17.6 Å². The van der Waals surface area contributed by atoms with Gasteiger partial charge in [0.2, 0.25) is 10.0 Å². The second kappa shape index (κ2) is 6.71. The molecule has 27 heavy (non-hydrogen) atoms. The van der Waals surface area contributed by atoms with Crippen LogP contribution in [0, 0.1) is 5.82 Å². The fraction of sp³-hybridized carbons (Fsp3) is 0.158. The summed E-state index contributed by atoms with van der Waals surface area (Å²) in [6, 6.07) is 16.6. The predicted octanol–water partition coefficient (Wildman–Crippen LogP) is 2.29. The van der Waals surface area contributed by atoms with E-state index in [0.717, 1.165) is 0 Å². The second-order valence-electron chi connectivity index (χ2n) is 6.30. The van der Waals surface area contributed by atoms with Crippen molar-refractivity contribution in [3.05, 3.63) is 82.9 Å². The third-order valence-corrected chi connectivity index (χ3v) is 6.35. The maximum atomic E-state index is 13.4. The smallest absolute Gasteiger partial charge is 0.267 e. The van der Waals surface area contributed by atoms with E-state index in [1.807, 2.05) is 0 Å². The molecule has 0 aliphatic carbocycles. The Morgan fingerprint density at radius 3 is 2.41 bits per heavy atom. The molecule has 1 aromatic heterocycles. The molecule has 0 radical (unpaired) electrons. The van der Waals surface area contributed by atoms with Gasteiger partial charge in [-0.2, -0.15) is 9.40 Å². The monoisotopic (exact) mass is 385 g/mol. The van der Waals surface area contributed by atoms with Gasteiger partial charge in [-0.25, -0.2) is 17.5 Å². The van der Waals surface area contributed by atoms with Crippen LogP contribution >= 0.6 is 0 Å². The summed E-state index contributed by atoms with van der Waals surface area (Å²) in [4.78, 5) is 12.4. The molecule has 8 heteroatoms. The first-order valence-corrected chi connectivity index (χ1v) is 9.80. The van der Waals surface area contributed by atoms with Crippen LogP contribution in [0.15, 0.2) is 76.4 Å². The molecule has 3 aromatic rings. The topological polar surface area (TPSA) is 72.3 Å². The highest BCUT2D eigenvalue weighted by Crippen LogP contribution is 2.27. The van der Waals surface area contributed by atoms with E-state index < -0.39 is 15.8 Å². The first-order valence-electron chi connectivity index (χ1n) is 8.36. The van der Waals surface area contributed by atoms with Crippen LogP contribution in [0.5, 0.6) is 0 Å². The molecule has 4 rings (SSSR count). The van der Waals surface area contributed by atoms with Crippen LogP contribution in [0.2, 0.25) is 0 Å². The molecule has 0 atom stereocenters. The molecule has 2 aromatic carbocycles. The van der Waals surface area contributed by atoms with Gasteiger partial charge in [-0.15, -0.1) is 0 Å². The van der Waals surface area contributed by atoms with E-state index in [-0.39, 0.29) is 29.6 Å². The van der Waals surface area contributed by atoms with E-state index in [0.29, 0.717) is 11.3 Å². The highest BCUT2D eigenvalue weighted by Gasteiger charge is 2.38. The normalized spacial score (nSPS) is 15.4. The second-order valence-corrected chi connectivity index (χ2v) is 8.24. The van der Waals surface area contributed by atoms with E-state index in [1.165, 1.54) is 45.4 Å². The summed E-state index contributed by atoms with van der Waals surface area (Å²) < 4.78 is 41.2. The summed E-state index contributed by atoms with van der Waals surface area (Å²) in [6.45, 7) is 0.327. The molecule has 1 aliphatic rings. The average molecular weight is 385 g/mol. The maximum Gasteiger partial charge on any atom is 0.267 e. The van der Waals surface area contributed by atoms with Gasteiger partial charge in [0.1, 0.15) is 5.82 Å². The van der Waals surface area contributed by atoms with Crippen molar-refractivity contribution < 1.29 is 12.8 Å². The molecule has 0 spiro atoms. The Morgan fingerprint density at radius 2 is 1.70 bits per heavy atom. The van der Waals surface area contributed by atoms with Crippen molar-refractivity contribution in [2.24, 2.45) is 0 Å². The van der Waals surface area contributed by atoms with E-state index in [4.69, 9.17) is 0 Å². The first kappa shape index (κ1) is 17.6. The average Bonchev–Trinajstić information content (AvgIpc) is 2.62. The largest absolute Gasteiger partial charge is 0.268 e. The molecule has 6 nitrogen and oxygen atoms in total. The maximum absolute atomic E-state index is 13.4. The summed E-state index contributed by atoms with van der Waals surface area (Å²) in [5, 5.41) is 4.31. The van der Waals surface area contributed by atoms with Gasteiger partial charge in [0.05, 0.1) is 16.6 Å². The first-order chi connectivity index (χ1) is 12.9. The van der Waals surface area contributed by atoms with E-state index in [1.54, 1.807) is 30.3 Å². The standard InChI is InChI=1S/C19H16FN3O3S/c20-15-6-4-5-14(11-15)18-9-10-19(24)23(21-18)16-12-22(13-16)27(25,26)17-7-2-1-3-8-17/h1-11,16H,12-13H2. The van der Waals surface area contributed by atoms with Gasteiger partial charge in [0, 0.05) is 24.7 Å². The Balaban J connectivity index is 1.58. The minimum absolute atomic E-state index is 0.163. The number of benzene rings is 2. The Morgan fingerprint density at radius 1 is 0.963 bits per heavy atom. The summed E-state index contributed by atoms with van der Waals surface area (Å²) in [7, 11) is -3.58. The lowest BCUT2D eigenvalue weighted by molar-refractivity contribution is 0.186. The number of halogens is 1. The zero-order valence-corrected chi connectivity index (χ0v) is 15.0. The Labute approximate surface area is 155 Å². The lowest BCUT2D eigenvalue weighted by atomic mass is 10.1. The van der Waals surface area contributed by atoms with Crippen molar-refractivity contribution >= 4 is 10.0 Å². The Hall–Kier alpha value is -2.84. The van der Waals surface area contributed by atoms with Crippen LogP contribution in [0.25, 0.3) is 11.3 Å². The molecule has 0 amide bonds. The molecular weight excluding hydrogens is 369 g/mol. The number of aromatic nitrogens is 2. The summed E-state index contributed by atoms with van der Waals surface area (Å²) >= 11 is 0. The van der Waals surface area contributed by atoms with Crippen LogP contribution in [0.1, 0.15) is 6.04 Å². The fourth-order valence-electron chi connectivity index (χ4n) is 3.00. The van der Waals surface area contributed by atoms with Crippen molar-refractivity contribution in [1.82, 2.24) is 14.1 Å². The van der Waals surface area contributed by atoms with Crippen LogP contribution in [0.3, 0.4) is 0 Å². The summed E-state index contributed by atoms with van der Waals surface area (Å²) in [5.74, 6) is -0.393. The fourth-order valence-corrected chi connectivity index (χ4v) is 4.53. The third-order valence-electron chi connectivity index (χ3n) is 4.50. The third kappa shape index (κ3) is 3.29. The molecule has 1 fully saturated rings. The molecule has 1 saturated heterocycles. The van der Waals surface area contributed by atoms with Crippen molar-refractivity contribution in [2.75, 3.05) is 13.1 Å². The summed E-state index contributed by atoms with van der Waals surface area (Å²) in [6.07, 6.45) is 0. The highest BCUT2D eigenvalue weighted by atomic mass is 32.2. The Kier molecular flexibility index (Phi) is 4.37. The number of rotatable bonds is 4. The highest BCUT2D eigenvalue weighted by molar-refractivity contribution is 7.89. The molecule has 0 bridgehead atoms. The van der Waals surface area contributed by atoms with Gasteiger partial charge < -0.3 is 0 Å². The number of nitrogens with zero attached hydrogens (tertiary/aromatic N) is 3. The Bertz CT molecular complexity index is 1140. The van der Waals surface area contributed by atoms with Crippen LogP contribution in [0.4, 0.5) is 4.39 Å². The molecular formula is C19H16FN3O3S. The van der Waals surface area contributed by atoms with E-state index >= 15 is 0 Å². The molecule has 2 heterocycles. The van der Waals surface area contributed by atoms with Gasteiger partial charge in [0.25, 0.3) is 5.56 Å². The summed E-state index contributed by atoms with van der Waals surface area (Å²) in [5.41, 5.74) is 0.687. The zero-order chi connectivity index (χ0) is 19.0. The van der Waals surface area contributed by atoms with Crippen molar-refractivity contribution in [2.45, 2.75) is 10.9 Å². The van der Waals surface area contributed by atoms with E-state index in [2.05, 4.69) is 5.10 Å². The molecule has 0 unspecified atom stereocenters. The predicted molar refractivity (Wildman–Crippen MR) is 98.1 cm³/mol. The van der Waals surface area contributed by atoms with Crippen LogP contribution in [-0.4, -0.2) is 35.6 Å².